The summed E-state index contributed by atoms with van der Waals surface area (Å²) in [4.78, 5) is 25.9. The first-order chi connectivity index (χ1) is 10.7. The smallest absolute Gasteiger partial charge is 0.337 e. The van der Waals surface area contributed by atoms with Crippen molar-refractivity contribution in [2.45, 2.75) is 40.5 Å². The van der Waals surface area contributed by atoms with Gasteiger partial charge in [-0.2, -0.15) is 0 Å². The molecule has 0 saturated carbocycles. The molecule has 23 heavy (non-hydrogen) atoms. The highest BCUT2D eigenvalue weighted by Crippen LogP contribution is 2.28. The van der Waals surface area contributed by atoms with E-state index in [-0.39, 0.29) is 11.5 Å². The van der Waals surface area contributed by atoms with Crippen molar-refractivity contribution >= 4 is 23.3 Å². The molecule has 0 unspecified atom stereocenters. The Balaban J connectivity index is 2.28. The fraction of sp³-hybridized carbons (Fsp3) is 0.556. The van der Waals surface area contributed by atoms with E-state index in [9.17, 15) is 14.7 Å². The molecule has 0 radical (unpaired) electrons. The van der Waals surface area contributed by atoms with Gasteiger partial charge in [0, 0.05) is 24.2 Å². The highest BCUT2D eigenvalue weighted by molar-refractivity contribution is 6.02. The van der Waals surface area contributed by atoms with Crippen LogP contribution in [0.25, 0.3) is 0 Å². The van der Waals surface area contributed by atoms with Crippen LogP contribution in [-0.2, 0) is 4.79 Å². The van der Waals surface area contributed by atoms with Gasteiger partial charge in [-0.3, -0.25) is 4.79 Å². The summed E-state index contributed by atoms with van der Waals surface area (Å²) < 4.78 is 0. The summed E-state index contributed by atoms with van der Waals surface area (Å²) in [5.41, 5.74) is 0.823. The van der Waals surface area contributed by atoms with Crippen LogP contribution in [0.4, 0.5) is 11.4 Å². The molecule has 5 heteroatoms. The third-order valence-electron chi connectivity index (χ3n) is 4.19. The minimum absolute atomic E-state index is 0.137. The van der Waals surface area contributed by atoms with Gasteiger partial charge in [0.1, 0.15) is 0 Å². The van der Waals surface area contributed by atoms with Crippen molar-refractivity contribution in [2.75, 3.05) is 23.3 Å². The minimum atomic E-state index is -1.03. The summed E-state index contributed by atoms with van der Waals surface area (Å²) in [7, 11) is 0. The fourth-order valence-corrected chi connectivity index (χ4v) is 2.75. The summed E-state index contributed by atoms with van der Waals surface area (Å²) in [6.45, 7) is 9.48. The molecule has 0 spiro atoms. The molecule has 2 N–H and O–H groups in total. The quantitative estimate of drug-likeness (QED) is 0.893. The Hall–Kier alpha value is -2.04. The minimum Gasteiger partial charge on any atom is -0.478 e. The molecule has 0 aromatic heterocycles. The molecule has 1 atom stereocenters. The van der Waals surface area contributed by atoms with Crippen molar-refractivity contribution in [3.05, 3.63) is 23.8 Å². The maximum Gasteiger partial charge on any atom is 0.337 e. The van der Waals surface area contributed by atoms with Crippen LogP contribution in [0.15, 0.2) is 18.2 Å². The number of hydrogen-bond donors (Lipinski definition) is 2. The Morgan fingerprint density at radius 3 is 2.57 bits per heavy atom. The summed E-state index contributed by atoms with van der Waals surface area (Å²) in [6, 6.07) is 5.25. The van der Waals surface area contributed by atoms with Crippen molar-refractivity contribution < 1.29 is 14.7 Å². The van der Waals surface area contributed by atoms with Gasteiger partial charge in [0.05, 0.1) is 11.3 Å². The number of hydrogen-bond acceptors (Lipinski definition) is 3. The summed E-state index contributed by atoms with van der Waals surface area (Å²) >= 11 is 0. The largest absolute Gasteiger partial charge is 0.478 e. The average molecular weight is 318 g/mol. The van der Waals surface area contributed by atoms with Crippen LogP contribution in [-0.4, -0.2) is 30.1 Å². The maximum absolute atomic E-state index is 12.1. The van der Waals surface area contributed by atoms with Crippen LogP contribution in [0.3, 0.4) is 0 Å². The molecule has 126 valence electrons. The molecule has 0 bridgehead atoms. The number of aromatic carboxylic acids is 1. The predicted molar refractivity (Wildman–Crippen MR) is 92.1 cm³/mol. The van der Waals surface area contributed by atoms with Crippen molar-refractivity contribution in [3.63, 3.8) is 0 Å². The Bertz CT molecular complexity index is 605. The fourth-order valence-electron chi connectivity index (χ4n) is 2.75. The number of carboxylic acid groups (broad SMARTS) is 1. The number of carbonyl (C=O) groups is 2. The van der Waals surface area contributed by atoms with Crippen LogP contribution in [0.2, 0.25) is 0 Å². The molecular formula is C18H26N2O3. The second kappa shape index (κ2) is 6.60. The Morgan fingerprint density at radius 2 is 2.00 bits per heavy atom. The summed E-state index contributed by atoms with van der Waals surface area (Å²) in [6.07, 6.45) is 2.33. The van der Waals surface area contributed by atoms with E-state index in [2.05, 4.69) is 17.1 Å². The van der Waals surface area contributed by atoms with Gasteiger partial charge in [0.2, 0.25) is 5.91 Å². The van der Waals surface area contributed by atoms with Gasteiger partial charge in [-0.15, -0.1) is 0 Å². The van der Waals surface area contributed by atoms with E-state index in [1.807, 2.05) is 6.07 Å². The molecule has 1 amide bonds. The standard InChI is InChI=1S/C18H26N2O3/c1-12-6-5-9-20(11-12)13-7-8-15(14(10-13)16(21)22)19-17(23)18(2,3)4/h7-8,10,12H,5-6,9,11H2,1-4H3,(H,19,23)(H,21,22)/t12-/m1/s1. The second-order valence-electron chi connectivity index (χ2n) is 7.43. The third-order valence-corrected chi connectivity index (χ3v) is 4.19. The zero-order valence-corrected chi connectivity index (χ0v) is 14.3. The van der Waals surface area contributed by atoms with E-state index in [4.69, 9.17) is 0 Å². The van der Waals surface area contributed by atoms with Gasteiger partial charge in [0.15, 0.2) is 0 Å². The van der Waals surface area contributed by atoms with Gasteiger partial charge < -0.3 is 15.3 Å². The SMILES string of the molecule is C[C@@H]1CCCN(c2ccc(NC(=O)C(C)(C)C)c(C(=O)O)c2)C1. The molecule has 2 rings (SSSR count). The Labute approximate surface area is 137 Å². The highest BCUT2D eigenvalue weighted by Gasteiger charge is 2.24. The molecule has 1 aliphatic rings. The highest BCUT2D eigenvalue weighted by atomic mass is 16.4. The number of carbonyl (C=O) groups excluding carboxylic acids is 1. The molecule has 1 aromatic carbocycles. The lowest BCUT2D eigenvalue weighted by atomic mass is 9.95. The lowest BCUT2D eigenvalue weighted by Crippen LogP contribution is -2.34. The predicted octanol–water partition coefficient (Wildman–Crippen LogP) is 3.61. The zero-order valence-electron chi connectivity index (χ0n) is 14.3. The molecule has 1 fully saturated rings. The van der Waals surface area contributed by atoms with Gasteiger partial charge in [-0.25, -0.2) is 4.79 Å². The monoisotopic (exact) mass is 318 g/mol. The topological polar surface area (TPSA) is 69.6 Å². The first-order valence-electron chi connectivity index (χ1n) is 8.12. The van der Waals surface area contributed by atoms with E-state index >= 15 is 0 Å². The van der Waals surface area contributed by atoms with E-state index < -0.39 is 11.4 Å². The summed E-state index contributed by atoms with van der Waals surface area (Å²) in [5.74, 6) is -0.613. The van der Waals surface area contributed by atoms with Crippen LogP contribution < -0.4 is 10.2 Å². The van der Waals surface area contributed by atoms with Gasteiger partial charge >= 0.3 is 5.97 Å². The molecule has 1 aliphatic heterocycles. The van der Waals surface area contributed by atoms with Crippen molar-refractivity contribution in [3.8, 4) is 0 Å². The summed E-state index contributed by atoms with van der Waals surface area (Å²) in [5, 5.41) is 12.2. The number of benzene rings is 1. The van der Waals surface area contributed by atoms with E-state index in [1.54, 1.807) is 32.9 Å². The molecule has 1 heterocycles. The Morgan fingerprint density at radius 1 is 1.30 bits per heavy atom. The van der Waals surface area contributed by atoms with Gasteiger partial charge in [0.25, 0.3) is 0 Å². The first-order valence-corrected chi connectivity index (χ1v) is 8.12. The normalized spacial score (nSPS) is 18.6. The van der Waals surface area contributed by atoms with Crippen LogP contribution in [0.5, 0.6) is 0 Å². The van der Waals surface area contributed by atoms with Gasteiger partial charge in [-0.1, -0.05) is 27.7 Å². The van der Waals surface area contributed by atoms with E-state index in [1.165, 1.54) is 6.42 Å². The van der Waals surface area contributed by atoms with Gasteiger partial charge in [-0.05, 0) is 37.0 Å². The molecule has 0 aliphatic carbocycles. The van der Waals surface area contributed by atoms with E-state index in [0.717, 1.165) is 25.2 Å². The number of nitrogens with one attached hydrogen (secondary N) is 1. The number of rotatable bonds is 3. The van der Waals surface area contributed by atoms with Crippen molar-refractivity contribution in [2.24, 2.45) is 11.3 Å². The average Bonchev–Trinajstić information content (AvgIpc) is 2.46. The van der Waals surface area contributed by atoms with Crippen molar-refractivity contribution in [1.29, 1.82) is 0 Å². The maximum atomic E-state index is 12.1. The number of nitrogens with zero attached hydrogens (tertiary/aromatic N) is 1. The van der Waals surface area contributed by atoms with Crippen LogP contribution >= 0.6 is 0 Å². The first kappa shape index (κ1) is 17.3. The van der Waals surface area contributed by atoms with Crippen LogP contribution in [0, 0.1) is 11.3 Å². The lowest BCUT2D eigenvalue weighted by molar-refractivity contribution is -0.123. The second-order valence-corrected chi connectivity index (χ2v) is 7.43. The Kier molecular flexibility index (Phi) is 4.97. The number of carboxylic acids is 1. The molecule has 1 saturated heterocycles. The number of anilines is 2. The third kappa shape index (κ3) is 4.24. The van der Waals surface area contributed by atoms with E-state index in [0.29, 0.717) is 11.6 Å². The van der Waals surface area contributed by atoms with Crippen molar-refractivity contribution in [1.82, 2.24) is 0 Å². The molecular weight excluding hydrogens is 292 g/mol. The zero-order chi connectivity index (χ0) is 17.2. The number of amides is 1. The number of piperidine rings is 1. The molecule has 5 nitrogen and oxygen atoms in total. The van der Waals surface area contributed by atoms with Crippen LogP contribution in [0.1, 0.15) is 50.9 Å². The lowest BCUT2D eigenvalue weighted by Gasteiger charge is -2.33. The molecule has 1 aromatic rings.